The van der Waals surface area contributed by atoms with E-state index >= 15 is 0 Å². The van der Waals surface area contributed by atoms with Crippen LogP contribution in [0.15, 0.2) is 15.3 Å². The second kappa shape index (κ2) is 9.47. The zero-order valence-electron chi connectivity index (χ0n) is 16.5. The van der Waals surface area contributed by atoms with E-state index in [9.17, 15) is 33.7 Å². The van der Waals surface area contributed by atoms with E-state index in [4.69, 9.17) is 14.3 Å². The number of hydrogen-bond acceptors (Lipinski definition) is 8. The molecule has 166 valence electrons. The molecule has 30 heavy (non-hydrogen) atoms. The lowest BCUT2D eigenvalue weighted by atomic mass is 10.0. The fraction of sp³-hybridized carbons (Fsp3) is 0.474. The molecule has 0 saturated carbocycles. The van der Waals surface area contributed by atoms with Gasteiger partial charge in [0.05, 0.1) is 24.6 Å². The highest BCUT2D eigenvalue weighted by molar-refractivity contribution is 5.86. The van der Waals surface area contributed by atoms with Crippen molar-refractivity contribution in [2.75, 3.05) is 13.7 Å². The minimum atomic E-state index is -1.50. The van der Waals surface area contributed by atoms with Gasteiger partial charge in [0.2, 0.25) is 11.7 Å². The molecule has 0 aliphatic rings. The van der Waals surface area contributed by atoms with Crippen LogP contribution in [0.25, 0.3) is 11.0 Å². The van der Waals surface area contributed by atoms with Crippen LogP contribution in [0.5, 0.6) is 5.75 Å². The fourth-order valence-corrected chi connectivity index (χ4v) is 3.03. The van der Waals surface area contributed by atoms with Gasteiger partial charge in [-0.25, -0.2) is 9.18 Å². The number of rotatable bonds is 8. The number of aliphatic hydroxyl groups excluding tert-OH is 3. The van der Waals surface area contributed by atoms with Crippen LogP contribution in [-0.2, 0) is 16.0 Å². The van der Waals surface area contributed by atoms with Gasteiger partial charge in [-0.3, -0.25) is 4.79 Å². The van der Waals surface area contributed by atoms with Crippen molar-refractivity contribution < 1.29 is 43.2 Å². The van der Waals surface area contributed by atoms with E-state index in [-0.39, 0.29) is 16.5 Å². The summed E-state index contributed by atoms with van der Waals surface area (Å²) in [5, 5.41) is 40.8. The van der Waals surface area contributed by atoms with Crippen LogP contribution in [0.2, 0.25) is 0 Å². The number of aromatic hydroxyl groups is 1. The Hall–Kier alpha value is -2.60. The summed E-state index contributed by atoms with van der Waals surface area (Å²) >= 11 is 0. The maximum Gasteiger partial charge on any atom is 0.340 e. The zero-order valence-corrected chi connectivity index (χ0v) is 16.5. The second-order valence-corrected chi connectivity index (χ2v) is 6.86. The van der Waals surface area contributed by atoms with E-state index in [0.717, 1.165) is 6.07 Å². The highest BCUT2D eigenvalue weighted by Crippen LogP contribution is 2.30. The zero-order chi connectivity index (χ0) is 22.7. The summed E-state index contributed by atoms with van der Waals surface area (Å²) in [6.07, 6.45) is -4.60. The Bertz CT molecular complexity index is 989. The Kier molecular flexibility index (Phi) is 7.48. The lowest BCUT2D eigenvalue weighted by Crippen LogP contribution is -2.52. The molecule has 4 atom stereocenters. The normalized spacial score (nSPS) is 15.6. The number of phenolic OH excluding ortho intramolecular Hbond substituents is 1. The van der Waals surface area contributed by atoms with Gasteiger partial charge >= 0.3 is 5.63 Å². The maximum absolute atomic E-state index is 14.0. The summed E-state index contributed by atoms with van der Waals surface area (Å²) < 4.78 is 37.3. The van der Waals surface area contributed by atoms with Crippen LogP contribution in [0.4, 0.5) is 8.78 Å². The minimum absolute atomic E-state index is 0.0853. The Morgan fingerprint density at radius 2 is 1.93 bits per heavy atom. The number of methoxy groups -OCH3 is 1. The number of halogens is 2. The third-order valence-corrected chi connectivity index (χ3v) is 4.90. The fourth-order valence-electron chi connectivity index (χ4n) is 3.03. The molecule has 5 N–H and O–H groups in total. The molecule has 0 saturated heterocycles. The van der Waals surface area contributed by atoms with E-state index in [1.54, 1.807) is 0 Å². The van der Waals surface area contributed by atoms with Crippen LogP contribution in [0, 0.1) is 18.6 Å². The number of ether oxygens (including phenoxy) is 1. The lowest BCUT2D eigenvalue weighted by Gasteiger charge is -2.28. The molecule has 0 bridgehead atoms. The third kappa shape index (κ3) is 4.59. The summed E-state index contributed by atoms with van der Waals surface area (Å²) in [6.45, 7) is 2.19. The molecule has 0 spiro atoms. The number of carbonyl (C=O) groups excluding carboxylic acids is 1. The molecule has 0 aliphatic carbocycles. The topological polar surface area (TPSA) is 149 Å². The smallest absolute Gasteiger partial charge is 0.340 e. The van der Waals surface area contributed by atoms with Crippen LogP contribution >= 0.6 is 0 Å². The Morgan fingerprint density at radius 3 is 2.50 bits per heavy atom. The quantitative estimate of drug-likeness (QED) is 0.363. The molecule has 0 fully saturated rings. The molecule has 0 aliphatic heterocycles. The third-order valence-electron chi connectivity index (χ3n) is 4.90. The van der Waals surface area contributed by atoms with Crippen molar-refractivity contribution >= 4 is 16.9 Å². The van der Waals surface area contributed by atoms with E-state index in [1.165, 1.54) is 21.0 Å². The first-order chi connectivity index (χ1) is 14.0. The van der Waals surface area contributed by atoms with Crippen LogP contribution in [-0.4, -0.2) is 64.4 Å². The Balaban J connectivity index is 2.25. The van der Waals surface area contributed by atoms with Gasteiger partial charge in [0, 0.05) is 12.5 Å². The summed E-state index contributed by atoms with van der Waals surface area (Å²) in [5.74, 6) is -4.70. The van der Waals surface area contributed by atoms with E-state index in [0.29, 0.717) is 0 Å². The van der Waals surface area contributed by atoms with Crippen molar-refractivity contribution in [3.8, 4) is 5.75 Å². The monoisotopic (exact) mass is 431 g/mol. The molecule has 0 radical (unpaired) electrons. The molecule has 1 heterocycles. The number of aryl methyl sites for hydroxylation is 1. The molecule has 9 nitrogen and oxygen atoms in total. The summed E-state index contributed by atoms with van der Waals surface area (Å²) in [6, 6.07) is -0.202. The maximum atomic E-state index is 14.0. The predicted molar refractivity (Wildman–Crippen MR) is 100 cm³/mol. The molecule has 1 amide bonds. The molecule has 1 aromatic carbocycles. The Labute approximate surface area is 169 Å². The molecule has 11 heteroatoms. The number of nitrogens with one attached hydrogen (secondary N) is 1. The van der Waals surface area contributed by atoms with Crippen molar-refractivity contribution in [3.63, 3.8) is 0 Å². The number of phenols is 1. The molecule has 2 aromatic rings. The first-order valence-electron chi connectivity index (χ1n) is 8.95. The van der Waals surface area contributed by atoms with E-state index < -0.39 is 71.9 Å². The average Bonchev–Trinajstić information content (AvgIpc) is 2.70. The molecular formula is C19H23F2NO8. The highest BCUT2D eigenvalue weighted by atomic mass is 19.1. The number of amides is 1. The van der Waals surface area contributed by atoms with Gasteiger partial charge in [-0.15, -0.1) is 0 Å². The van der Waals surface area contributed by atoms with Gasteiger partial charge in [0.15, 0.2) is 17.1 Å². The van der Waals surface area contributed by atoms with Gasteiger partial charge < -0.3 is 34.9 Å². The van der Waals surface area contributed by atoms with Crippen molar-refractivity contribution in [1.82, 2.24) is 5.32 Å². The molecule has 1 aromatic heterocycles. The van der Waals surface area contributed by atoms with Crippen LogP contribution < -0.4 is 10.9 Å². The second-order valence-electron chi connectivity index (χ2n) is 6.86. The van der Waals surface area contributed by atoms with Gasteiger partial charge in [0.1, 0.15) is 18.3 Å². The van der Waals surface area contributed by atoms with Gasteiger partial charge in [-0.1, -0.05) is 0 Å². The van der Waals surface area contributed by atoms with Crippen LogP contribution in [0.1, 0.15) is 18.1 Å². The van der Waals surface area contributed by atoms with Crippen molar-refractivity contribution in [3.05, 3.63) is 39.2 Å². The minimum Gasteiger partial charge on any atom is -0.503 e. The molecule has 2 rings (SSSR count). The number of carbonyl (C=O) groups is 1. The van der Waals surface area contributed by atoms with E-state index in [2.05, 4.69) is 5.32 Å². The number of aliphatic hydroxyl groups is 3. The first-order valence-corrected chi connectivity index (χ1v) is 8.95. The molecule has 4 unspecified atom stereocenters. The van der Waals surface area contributed by atoms with E-state index in [1.807, 2.05) is 0 Å². The summed E-state index contributed by atoms with van der Waals surface area (Å²) in [5.41, 5.74) is -1.77. The molecular weight excluding hydrogens is 408 g/mol. The SMILES string of the molecule is COC(CO)C(O)C(O)C(C)NC(=O)Cc1c(C)c2cc(F)c(O)c(F)c2oc1=O. The first kappa shape index (κ1) is 23.7. The van der Waals surface area contributed by atoms with Gasteiger partial charge in [-0.05, 0) is 25.5 Å². The highest BCUT2D eigenvalue weighted by Gasteiger charge is 2.31. The van der Waals surface area contributed by atoms with Crippen LogP contribution in [0.3, 0.4) is 0 Å². The van der Waals surface area contributed by atoms with Gasteiger partial charge in [-0.2, -0.15) is 4.39 Å². The summed E-state index contributed by atoms with van der Waals surface area (Å²) in [7, 11) is 1.23. The average molecular weight is 431 g/mol. The Morgan fingerprint density at radius 1 is 1.30 bits per heavy atom. The number of hydrogen-bond donors (Lipinski definition) is 5. The standard InChI is InChI=1S/C19H23F2NO8/c1-7-9-4-11(20)16(26)14(21)18(9)30-19(28)10(7)5-13(24)22-8(2)15(25)17(27)12(6-23)29-3/h4,8,12,15,17,23,25-27H,5-6H2,1-3H3,(H,22,24). The van der Waals surface area contributed by atoms with Gasteiger partial charge in [0.25, 0.3) is 0 Å². The number of benzene rings is 1. The van der Waals surface area contributed by atoms with Crippen molar-refractivity contribution in [2.24, 2.45) is 0 Å². The predicted octanol–water partition coefficient (Wildman–Crippen LogP) is -0.138. The number of fused-ring (bicyclic) bond motifs is 1. The lowest BCUT2D eigenvalue weighted by molar-refractivity contribution is -0.125. The van der Waals surface area contributed by atoms with Crippen molar-refractivity contribution in [1.29, 1.82) is 0 Å². The van der Waals surface area contributed by atoms with Crippen molar-refractivity contribution in [2.45, 2.75) is 44.6 Å². The largest absolute Gasteiger partial charge is 0.503 e. The summed E-state index contributed by atoms with van der Waals surface area (Å²) in [4.78, 5) is 24.5.